The minimum absolute atomic E-state index is 0.0129. The molecule has 1 atom stereocenters. The lowest BCUT2D eigenvalue weighted by atomic mass is 10.0. The summed E-state index contributed by atoms with van der Waals surface area (Å²) in [6.45, 7) is 4.92. The normalized spacial score (nSPS) is 21.7. The van der Waals surface area contributed by atoms with Crippen LogP contribution in [0, 0.1) is 6.92 Å². The molecule has 3 N–H and O–H groups in total. The number of nitrogens with one attached hydrogen (secondary N) is 3. The molecular formula is C18H24N4O3. The second-order valence-electron chi connectivity index (χ2n) is 6.76. The fraction of sp³-hybridized carbons (Fsp3) is 0.500. The largest absolute Gasteiger partial charge is 0.353 e. The van der Waals surface area contributed by atoms with Gasteiger partial charge in [-0.1, -0.05) is 24.3 Å². The molecule has 0 saturated carbocycles. The number of carbonyl (C=O) groups excluding carboxylic acids is 3. The molecule has 0 unspecified atom stereocenters. The van der Waals surface area contributed by atoms with Crippen LogP contribution in [-0.4, -0.2) is 47.9 Å². The molecule has 2 aliphatic heterocycles. The molecule has 0 radical (unpaired) electrons. The molecule has 3 rings (SSSR count). The van der Waals surface area contributed by atoms with Crippen LogP contribution in [0.3, 0.4) is 0 Å². The van der Waals surface area contributed by atoms with Crippen LogP contribution in [0.15, 0.2) is 24.3 Å². The number of rotatable bonds is 5. The first kappa shape index (κ1) is 17.4. The summed E-state index contributed by atoms with van der Waals surface area (Å²) in [4.78, 5) is 37.0. The van der Waals surface area contributed by atoms with E-state index in [1.807, 2.05) is 6.07 Å². The zero-order chi connectivity index (χ0) is 17.8. The SMILES string of the molecule is Cc1ccccc1CN1CCC(NC(=O)C[C@H]2NC(=O)NC2=O)CC1. The third kappa shape index (κ3) is 4.57. The molecule has 0 aliphatic carbocycles. The van der Waals surface area contributed by atoms with E-state index >= 15 is 0 Å². The Morgan fingerprint density at radius 2 is 1.96 bits per heavy atom. The third-order valence-corrected chi connectivity index (χ3v) is 4.86. The van der Waals surface area contributed by atoms with Crippen LogP contribution >= 0.6 is 0 Å². The lowest BCUT2D eigenvalue weighted by Crippen LogP contribution is -2.46. The van der Waals surface area contributed by atoms with Gasteiger partial charge in [0, 0.05) is 25.7 Å². The van der Waals surface area contributed by atoms with Crippen molar-refractivity contribution >= 4 is 17.8 Å². The lowest BCUT2D eigenvalue weighted by molar-refractivity contribution is -0.127. The molecule has 0 aromatic heterocycles. The molecule has 134 valence electrons. The van der Waals surface area contributed by atoms with Crippen molar-refractivity contribution in [2.24, 2.45) is 0 Å². The number of likely N-dealkylation sites (tertiary alicyclic amines) is 1. The van der Waals surface area contributed by atoms with Gasteiger partial charge in [-0.05, 0) is 30.9 Å². The van der Waals surface area contributed by atoms with Gasteiger partial charge in [0.05, 0.1) is 6.42 Å². The van der Waals surface area contributed by atoms with Gasteiger partial charge in [-0.25, -0.2) is 4.79 Å². The Labute approximate surface area is 147 Å². The van der Waals surface area contributed by atoms with Crippen molar-refractivity contribution in [2.45, 2.75) is 44.8 Å². The van der Waals surface area contributed by atoms with Gasteiger partial charge in [-0.2, -0.15) is 0 Å². The first-order chi connectivity index (χ1) is 12.0. The summed E-state index contributed by atoms with van der Waals surface area (Å²) in [6, 6.07) is 7.23. The van der Waals surface area contributed by atoms with E-state index in [0.717, 1.165) is 32.5 Å². The summed E-state index contributed by atoms with van der Waals surface area (Å²) in [7, 11) is 0. The van der Waals surface area contributed by atoms with Crippen LogP contribution in [0.2, 0.25) is 0 Å². The van der Waals surface area contributed by atoms with Crippen molar-refractivity contribution < 1.29 is 14.4 Å². The number of nitrogens with zero attached hydrogens (tertiary/aromatic N) is 1. The van der Waals surface area contributed by atoms with Gasteiger partial charge in [0.2, 0.25) is 5.91 Å². The first-order valence-electron chi connectivity index (χ1n) is 8.69. The highest BCUT2D eigenvalue weighted by Gasteiger charge is 2.32. The molecule has 7 nitrogen and oxygen atoms in total. The average molecular weight is 344 g/mol. The number of benzene rings is 1. The van der Waals surface area contributed by atoms with Gasteiger partial charge in [-0.15, -0.1) is 0 Å². The Balaban J connectivity index is 1.42. The van der Waals surface area contributed by atoms with Gasteiger partial charge in [0.25, 0.3) is 5.91 Å². The zero-order valence-electron chi connectivity index (χ0n) is 14.4. The highest BCUT2D eigenvalue weighted by molar-refractivity contribution is 6.05. The van der Waals surface area contributed by atoms with Gasteiger partial charge in [0.15, 0.2) is 0 Å². The summed E-state index contributed by atoms with van der Waals surface area (Å²) in [6.07, 6.45) is 1.77. The van der Waals surface area contributed by atoms with E-state index in [0.29, 0.717) is 0 Å². The van der Waals surface area contributed by atoms with E-state index in [1.165, 1.54) is 11.1 Å². The number of urea groups is 1. The van der Waals surface area contributed by atoms with Crippen molar-refractivity contribution in [1.29, 1.82) is 0 Å². The molecule has 1 aromatic carbocycles. The molecule has 0 spiro atoms. The van der Waals surface area contributed by atoms with Gasteiger partial charge < -0.3 is 10.6 Å². The summed E-state index contributed by atoms with van der Waals surface area (Å²) >= 11 is 0. The smallest absolute Gasteiger partial charge is 0.322 e. The van der Waals surface area contributed by atoms with Crippen molar-refractivity contribution in [1.82, 2.24) is 20.9 Å². The van der Waals surface area contributed by atoms with Crippen LogP contribution in [0.5, 0.6) is 0 Å². The monoisotopic (exact) mass is 344 g/mol. The third-order valence-electron chi connectivity index (χ3n) is 4.86. The van der Waals surface area contributed by atoms with E-state index in [1.54, 1.807) is 0 Å². The Bertz CT molecular complexity index is 668. The molecule has 1 aromatic rings. The Morgan fingerprint density at radius 3 is 2.60 bits per heavy atom. The van der Waals surface area contributed by atoms with Crippen LogP contribution < -0.4 is 16.0 Å². The van der Waals surface area contributed by atoms with E-state index in [9.17, 15) is 14.4 Å². The number of hydrogen-bond acceptors (Lipinski definition) is 4. The predicted molar refractivity (Wildman–Crippen MR) is 92.7 cm³/mol. The molecule has 7 heteroatoms. The second-order valence-corrected chi connectivity index (χ2v) is 6.76. The molecule has 2 heterocycles. The quantitative estimate of drug-likeness (QED) is 0.685. The highest BCUT2D eigenvalue weighted by Crippen LogP contribution is 2.16. The van der Waals surface area contributed by atoms with Crippen LogP contribution in [-0.2, 0) is 16.1 Å². The topological polar surface area (TPSA) is 90.5 Å². The van der Waals surface area contributed by atoms with Gasteiger partial charge in [0.1, 0.15) is 6.04 Å². The number of amides is 4. The molecule has 2 saturated heterocycles. The minimum Gasteiger partial charge on any atom is -0.353 e. The van der Waals surface area contributed by atoms with Crippen molar-refractivity contribution in [3.8, 4) is 0 Å². The minimum atomic E-state index is -0.756. The summed E-state index contributed by atoms with van der Waals surface area (Å²) < 4.78 is 0. The van der Waals surface area contributed by atoms with Crippen LogP contribution in [0.4, 0.5) is 4.79 Å². The van der Waals surface area contributed by atoms with Gasteiger partial charge in [-0.3, -0.25) is 19.8 Å². The maximum Gasteiger partial charge on any atom is 0.322 e. The first-order valence-corrected chi connectivity index (χ1v) is 8.69. The van der Waals surface area contributed by atoms with Crippen LogP contribution in [0.1, 0.15) is 30.4 Å². The van der Waals surface area contributed by atoms with Crippen molar-refractivity contribution in [3.63, 3.8) is 0 Å². The lowest BCUT2D eigenvalue weighted by Gasteiger charge is -2.32. The highest BCUT2D eigenvalue weighted by atomic mass is 16.2. The number of carbonyl (C=O) groups is 3. The number of piperidine rings is 1. The average Bonchev–Trinajstić information content (AvgIpc) is 2.88. The Hall–Kier alpha value is -2.41. The molecule has 0 bridgehead atoms. The van der Waals surface area contributed by atoms with Gasteiger partial charge >= 0.3 is 6.03 Å². The molecule has 2 aliphatic rings. The van der Waals surface area contributed by atoms with Crippen LogP contribution in [0.25, 0.3) is 0 Å². The predicted octanol–water partition coefficient (Wildman–Crippen LogP) is 0.674. The maximum absolute atomic E-state index is 12.1. The summed E-state index contributed by atoms with van der Waals surface area (Å²) in [5.74, 6) is -0.632. The standard InChI is InChI=1S/C18H24N4O3/c1-12-4-2-3-5-13(12)11-22-8-6-14(7-9-22)19-16(23)10-15-17(24)21-18(25)20-15/h2-5,14-15H,6-11H2,1H3,(H,19,23)(H2,20,21,24,25)/t15-/m1/s1. The molecular weight excluding hydrogens is 320 g/mol. The van der Waals surface area contributed by atoms with E-state index in [-0.39, 0.29) is 18.4 Å². The van der Waals surface area contributed by atoms with E-state index < -0.39 is 18.0 Å². The Morgan fingerprint density at radius 1 is 1.24 bits per heavy atom. The number of aryl methyl sites for hydroxylation is 1. The summed E-state index contributed by atoms with van der Waals surface area (Å²) in [5.41, 5.74) is 2.64. The number of imide groups is 1. The summed E-state index contributed by atoms with van der Waals surface area (Å²) in [5, 5.41) is 7.56. The zero-order valence-corrected chi connectivity index (χ0v) is 14.4. The van der Waals surface area contributed by atoms with E-state index in [2.05, 4.69) is 46.0 Å². The number of hydrogen-bond donors (Lipinski definition) is 3. The maximum atomic E-state index is 12.1. The fourth-order valence-electron chi connectivity index (χ4n) is 3.34. The van der Waals surface area contributed by atoms with Crippen molar-refractivity contribution in [2.75, 3.05) is 13.1 Å². The molecule has 25 heavy (non-hydrogen) atoms. The Kier molecular flexibility index (Phi) is 5.33. The van der Waals surface area contributed by atoms with Crippen molar-refractivity contribution in [3.05, 3.63) is 35.4 Å². The van der Waals surface area contributed by atoms with E-state index in [4.69, 9.17) is 0 Å². The molecule has 4 amide bonds. The second kappa shape index (κ2) is 7.65. The fourth-order valence-corrected chi connectivity index (χ4v) is 3.34. The molecule has 2 fully saturated rings.